The largest absolute Gasteiger partial charge is 0.0795 e. The van der Waals surface area contributed by atoms with E-state index in [-0.39, 0.29) is 0 Å². The number of hydrogen-bond donors (Lipinski definition) is 0. The molecule has 0 aromatic heterocycles. The summed E-state index contributed by atoms with van der Waals surface area (Å²) in [6.45, 7) is 2.14. The minimum Gasteiger partial charge on any atom is -0.0795 e. The summed E-state index contributed by atoms with van der Waals surface area (Å²) >= 11 is 10.2. The molecule has 0 nitrogen and oxygen atoms in total. The molecule has 2 aromatic carbocycles. The van der Waals surface area contributed by atoms with E-state index in [0.717, 1.165) is 10.4 Å². The first kappa shape index (κ1) is 15.1. The molecule has 2 rings (SSSR count). The summed E-state index contributed by atoms with van der Waals surface area (Å²) in [4.78, 5) is 0.867. The van der Waals surface area contributed by atoms with E-state index in [1.54, 1.807) is 0 Å². The molecular formula is C16H12I2S. The monoisotopic (exact) mass is 490 g/mol. The lowest BCUT2D eigenvalue weighted by Gasteiger charge is -2.04. The van der Waals surface area contributed by atoms with Crippen molar-refractivity contribution in [3.05, 3.63) is 72.4 Å². The maximum absolute atomic E-state index is 5.42. The highest BCUT2D eigenvalue weighted by Gasteiger charge is 2.01. The highest BCUT2D eigenvalue weighted by atomic mass is 127. The Morgan fingerprint density at radius 1 is 1.05 bits per heavy atom. The predicted molar refractivity (Wildman–Crippen MR) is 104 cm³/mol. The van der Waals surface area contributed by atoms with Crippen LogP contribution in [-0.4, -0.2) is 4.86 Å². The number of thiocarbonyl (C=S) groups is 1. The zero-order valence-corrected chi connectivity index (χ0v) is 15.5. The van der Waals surface area contributed by atoms with Gasteiger partial charge in [-0.1, -0.05) is 48.6 Å². The summed E-state index contributed by atoms with van der Waals surface area (Å²) in [5.74, 6) is 0. The van der Waals surface area contributed by atoms with Crippen molar-refractivity contribution < 1.29 is 0 Å². The molecule has 0 heterocycles. The molecule has 0 saturated carbocycles. The number of hydrogen-bond acceptors (Lipinski definition) is 1. The third-order valence-corrected chi connectivity index (χ3v) is 5.40. The van der Waals surface area contributed by atoms with Crippen LogP contribution in [-0.2, 0) is 0 Å². The Morgan fingerprint density at radius 3 is 2.21 bits per heavy atom. The van der Waals surface area contributed by atoms with Gasteiger partial charge in [-0.25, -0.2) is 0 Å². The first-order valence-corrected chi connectivity index (χ1v) is 8.37. The van der Waals surface area contributed by atoms with Crippen LogP contribution in [0.4, 0.5) is 0 Å². The predicted octanol–water partition coefficient (Wildman–Crippen LogP) is 5.64. The van der Waals surface area contributed by atoms with Crippen LogP contribution >= 0.6 is 57.4 Å². The summed E-state index contributed by atoms with van der Waals surface area (Å²) in [7, 11) is 0. The molecule has 0 atom stereocenters. The van der Waals surface area contributed by atoms with Crippen LogP contribution < -0.4 is 0 Å². The van der Waals surface area contributed by atoms with Gasteiger partial charge in [0.05, 0.1) is 0 Å². The van der Waals surface area contributed by atoms with Gasteiger partial charge in [0.15, 0.2) is 0 Å². The SMILES string of the molecule is Cc1c(I)cc(C=CC(=S)c2ccccc2)cc1I. The second-order valence-electron chi connectivity index (χ2n) is 4.17. The van der Waals surface area contributed by atoms with Crippen molar-refractivity contribution in [3.8, 4) is 0 Å². The van der Waals surface area contributed by atoms with E-state index in [2.05, 4.69) is 70.3 Å². The van der Waals surface area contributed by atoms with Crippen molar-refractivity contribution in [2.45, 2.75) is 6.92 Å². The molecule has 0 saturated heterocycles. The zero-order chi connectivity index (χ0) is 13.8. The molecule has 0 spiro atoms. The van der Waals surface area contributed by atoms with Crippen molar-refractivity contribution in [2.24, 2.45) is 0 Å². The van der Waals surface area contributed by atoms with Gasteiger partial charge in [-0.15, -0.1) is 0 Å². The fourth-order valence-corrected chi connectivity index (χ4v) is 3.65. The minimum atomic E-state index is 0.867. The first-order valence-electron chi connectivity index (χ1n) is 5.81. The molecule has 0 bridgehead atoms. The smallest absolute Gasteiger partial charge is 0.0449 e. The molecule has 96 valence electrons. The van der Waals surface area contributed by atoms with Crippen LogP contribution in [0, 0.1) is 14.1 Å². The Hall–Kier alpha value is -0.270. The van der Waals surface area contributed by atoms with Gasteiger partial charge in [0.1, 0.15) is 0 Å². The minimum absolute atomic E-state index is 0.867. The van der Waals surface area contributed by atoms with Crippen molar-refractivity contribution in [1.82, 2.24) is 0 Å². The van der Waals surface area contributed by atoms with Crippen LogP contribution in [0.15, 0.2) is 48.5 Å². The van der Waals surface area contributed by atoms with E-state index in [9.17, 15) is 0 Å². The fraction of sp³-hybridized carbons (Fsp3) is 0.0625. The van der Waals surface area contributed by atoms with E-state index in [1.165, 1.54) is 18.3 Å². The van der Waals surface area contributed by atoms with E-state index >= 15 is 0 Å². The number of halogens is 2. The molecular weight excluding hydrogens is 478 g/mol. The average Bonchev–Trinajstić information content (AvgIpc) is 2.43. The van der Waals surface area contributed by atoms with E-state index in [4.69, 9.17) is 12.2 Å². The number of benzene rings is 2. The van der Waals surface area contributed by atoms with Crippen molar-refractivity contribution in [3.63, 3.8) is 0 Å². The molecule has 0 unspecified atom stereocenters. The standard InChI is InChI=1S/C16H12I2S/c1-11-14(17)9-12(10-15(11)18)7-8-16(19)13-5-3-2-4-6-13/h2-10H,1H3. The quantitative estimate of drug-likeness (QED) is 0.233. The highest BCUT2D eigenvalue weighted by molar-refractivity contribution is 14.1. The van der Waals surface area contributed by atoms with Gasteiger partial charge in [-0.05, 0) is 87.0 Å². The van der Waals surface area contributed by atoms with Crippen molar-refractivity contribution in [1.29, 1.82) is 0 Å². The highest BCUT2D eigenvalue weighted by Crippen LogP contribution is 2.21. The zero-order valence-electron chi connectivity index (χ0n) is 10.4. The molecule has 0 aliphatic carbocycles. The summed E-state index contributed by atoms with van der Waals surface area (Å²) in [6, 6.07) is 14.5. The van der Waals surface area contributed by atoms with Gasteiger partial charge in [0.2, 0.25) is 0 Å². The van der Waals surface area contributed by atoms with Gasteiger partial charge >= 0.3 is 0 Å². The summed E-state index contributed by atoms with van der Waals surface area (Å²) in [5, 5.41) is 0. The van der Waals surface area contributed by atoms with E-state index in [1.807, 2.05) is 36.4 Å². The van der Waals surface area contributed by atoms with Gasteiger partial charge in [0, 0.05) is 12.0 Å². The first-order chi connectivity index (χ1) is 9.08. The molecule has 0 radical (unpaired) electrons. The Balaban J connectivity index is 2.22. The second-order valence-corrected chi connectivity index (χ2v) is 6.94. The summed E-state index contributed by atoms with van der Waals surface area (Å²) in [6.07, 6.45) is 4.08. The molecule has 0 fully saturated rings. The van der Waals surface area contributed by atoms with Crippen LogP contribution in [0.1, 0.15) is 16.7 Å². The Bertz CT molecular complexity index is 607. The third-order valence-electron chi connectivity index (χ3n) is 2.79. The van der Waals surface area contributed by atoms with Gasteiger partial charge in [-0.3, -0.25) is 0 Å². The third kappa shape index (κ3) is 4.10. The molecule has 2 aromatic rings. The molecule has 0 aliphatic rings. The lowest BCUT2D eigenvalue weighted by molar-refractivity contribution is 1.38. The lowest BCUT2D eigenvalue weighted by atomic mass is 10.1. The Kier molecular flexibility index (Phi) is 5.53. The fourth-order valence-electron chi connectivity index (χ4n) is 1.63. The summed E-state index contributed by atoms with van der Waals surface area (Å²) < 4.78 is 2.57. The van der Waals surface area contributed by atoms with Crippen LogP contribution in [0.3, 0.4) is 0 Å². The molecule has 0 aliphatic heterocycles. The molecule has 3 heteroatoms. The second kappa shape index (κ2) is 6.95. The normalized spacial score (nSPS) is 10.9. The summed E-state index contributed by atoms with van der Waals surface area (Å²) in [5.41, 5.74) is 3.62. The average molecular weight is 490 g/mol. The van der Waals surface area contributed by atoms with E-state index in [0.29, 0.717) is 0 Å². The van der Waals surface area contributed by atoms with Gasteiger partial charge < -0.3 is 0 Å². The maximum Gasteiger partial charge on any atom is 0.0449 e. The molecule has 0 N–H and O–H groups in total. The van der Waals surface area contributed by atoms with Crippen LogP contribution in [0.25, 0.3) is 6.08 Å². The molecule has 0 amide bonds. The number of rotatable bonds is 3. The number of allylic oxidation sites excluding steroid dienone is 1. The van der Waals surface area contributed by atoms with Crippen LogP contribution in [0.5, 0.6) is 0 Å². The van der Waals surface area contributed by atoms with Crippen LogP contribution in [0.2, 0.25) is 0 Å². The van der Waals surface area contributed by atoms with Gasteiger partial charge in [0.25, 0.3) is 0 Å². The Morgan fingerprint density at radius 2 is 1.63 bits per heavy atom. The Labute approximate surface area is 146 Å². The lowest BCUT2D eigenvalue weighted by Crippen LogP contribution is -1.92. The molecule has 19 heavy (non-hydrogen) atoms. The van der Waals surface area contributed by atoms with E-state index < -0.39 is 0 Å². The maximum atomic E-state index is 5.42. The van der Waals surface area contributed by atoms with Crippen molar-refractivity contribution in [2.75, 3.05) is 0 Å². The topological polar surface area (TPSA) is 0 Å². The van der Waals surface area contributed by atoms with Gasteiger partial charge in [-0.2, -0.15) is 0 Å². The van der Waals surface area contributed by atoms with Crippen molar-refractivity contribution >= 4 is 68.3 Å².